The lowest BCUT2D eigenvalue weighted by Crippen LogP contribution is -2.45. The Hall–Kier alpha value is -3.02. The molecule has 2 heterocycles. The minimum absolute atomic E-state index is 0.0120. The molecule has 0 aromatic heterocycles. The van der Waals surface area contributed by atoms with Crippen LogP contribution >= 0.6 is 0 Å². The number of urea groups is 1. The van der Waals surface area contributed by atoms with Gasteiger partial charge in [0.2, 0.25) is 0 Å². The van der Waals surface area contributed by atoms with Gasteiger partial charge in [-0.2, -0.15) is 0 Å². The predicted molar refractivity (Wildman–Crippen MR) is 109 cm³/mol. The normalized spacial score (nSPS) is 18.8. The summed E-state index contributed by atoms with van der Waals surface area (Å²) in [5, 5.41) is 5.61. The number of nitrogens with one attached hydrogen (secondary N) is 2. The van der Waals surface area contributed by atoms with Gasteiger partial charge in [0.25, 0.3) is 5.91 Å². The third-order valence-electron chi connectivity index (χ3n) is 5.37. The molecular weight excluding hydrogens is 354 g/mol. The SMILES string of the molecule is Cc1ccc(NC(=O)Nc2ccc3c(c2)C(=O)N2CCCCC2CCO3)cc1. The Bertz CT molecular complexity index is 879. The first-order valence-electron chi connectivity index (χ1n) is 9.82. The predicted octanol–water partition coefficient (Wildman–Crippen LogP) is 4.42. The van der Waals surface area contributed by atoms with Crippen molar-refractivity contribution in [3.63, 3.8) is 0 Å². The second kappa shape index (κ2) is 7.92. The van der Waals surface area contributed by atoms with E-state index in [0.29, 0.717) is 29.3 Å². The maximum Gasteiger partial charge on any atom is 0.323 e. The number of nitrogens with zero attached hydrogens (tertiary/aromatic N) is 1. The zero-order valence-electron chi connectivity index (χ0n) is 16.0. The molecule has 28 heavy (non-hydrogen) atoms. The van der Waals surface area contributed by atoms with Crippen LogP contribution in [0, 0.1) is 6.92 Å². The van der Waals surface area contributed by atoms with Crippen molar-refractivity contribution in [3.8, 4) is 5.75 Å². The van der Waals surface area contributed by atoms with E-state index in [4.69, 9.17) is 4.74 Å². The number of carbonyl (C=O) groups is 2. The molecule has 0 radical (unpaired) electrons. The molecule has 2 aromatic rings. The summed E-state index contributed by atoms with van der Waals surface area (Å²) in [6.07, 6.45) is 4.09. The minimum atomic E-state index is -0.348. The molecule has 0 bridgehead atoms. The summed E-state index contributed by atoms with van der Waals surface area (Å²) in [5.74, 6) is 0.570. The number of rotatable bonds is 2. The Morgan fingerprint density at radius 3 is 2.61 bits per heavy atom. The summed E-state index contributed by atoms with van der Waals surface area (Å²) in [6.45, 7) is 3.38. The fraction of sp³-hybridized carbons (Fsp3) is 0.364. The van der Waals surface area contributed by atoms with E-state index < -0.39 is 0 Å². The van der Waals surface area contributed by atoms with E-state index in [2.05, 4.69) is 10.6 Å². The number of aryl methyl sites for hydroxylation is 1. The van der Waals surface area contributed by atoms with Gasteiger partial charge in [0.1, 0.15) is 5.75 Å². The van der Waals surface area contributed by atoms with Crippen LogP contribution in [-0.4, -0.2) is 36.0 Å². The number of piperidine rings is 1. The molecule has 6 nitrogen and oxygen atoms in total. The Labute approximate surface area is 164 Å². The molecule has 1 unspecified atom stereocenters. The molecular formula is C22H25N3O3. The summed E-state index contributed by atoms with van der Waals surface area (Å²) < 4.78 is 5.84. The van der Waals surface area contributed by atoms with Crippen LogP contribution < -0.4 is 15.4 Å². The third-order valence-corrected chi connectivity index (χ3v) is 5.37. The first-order chi connectivity index (χ1) is 13.6. The molecule has 6 heteroatoms. The highest BCUT2D eigenvalue weighted by Crippen LogP contribution is 2.31. The molecule has 0 saturated carbocycles. The van der Waals surface area contributed by atoms with Crippen LogP contribution in [0.1, 0.15) is 41.6 Å². The van der Waals surface area contributed by atoms with Crippen molar-refractivity contribution in [2.24, 2.45) is 0 Å². The molecule has 0 spiro atoms. The summed E-state index contributed by atoms with van der Waals surface area (Å²) >= 11 is 0. The number of fused-ring (bicyclic) bond motifs is 2. The monoisotopic (exact) mass is 379 g/mol. The molecule has 1 atom stereocenters. The van der Waals surface area contributed by atoms with Crippen molar-refractivity contribution in [1.82, 2.24) is 4.90 Å². The van der Waals surface area contributed by atoms with Crippen LogP contribution in [0.5, 0.6) is 5.75 Å². The highest BCUT2D eigenvalue weighted by atomic mass is 16.5. The molecule has 2 aromatic carbocycles. The first-order valence-corrected chi connectivity index (χ1v) is 9.82. The number of amides is 3. The molecule has 0 aliphatic carbocycles. The van der Waals surface area contributed by atoms with Crippen LogP contribution in [0.3, 0.4) is 0 Å². The van der Waals surface area contributed by atoms with Gasteiger partial charge >= 0.3 is 6.03 Å². The van der Waals surface area contributed by atoms with Gasteiger partial charge in [-0.3, -0.25) is 4.79 Å². The highest BCUT2D eigenvalue weighted by Gasteiger charge is 2.31. The second-order valence-electron chi connectivity index (χ2n) is 7.44. The Morgan fingerprint density at radius 1 is 1.04 bits per heavy atom. The number of ether oxygens (including phenoxy) is 1. The van der Waals surface area contributed by atoms with Crippen LogP contribution in [0.15, 0.2) is 42.5 Å². The van der Waals surface area contributed by atoms with Crippen molar-refractivity contribution in [2.75, 3.05) is 23.8 Å². The smallest absolute Gasteiger partial charge is 0.323 e. The van der Waals surface area contributed by atoms with Crippen molar-refractivity contribution < 1.29 is 14.3 Å². The van der Waals surface area contributed by atoms with Crippen LogP contribution in [0.2, 0.25) is 0 Å². The fourth-order valence-corrected chi connectivity index (χ4v) is 3.86. The lowest BCUT2D eigenvalue weighted by Gasteiger charge is -2.37. The van der Waals surface area contributed by atoms with Gasteiger partial charge in [-0.15, -0.1) is 0 Å². The summed E-state index contributed by atoms with van der Waals surface area (Å²) in [4.78, 5) is 27.4. The van der Waals surface area contributed by atoms with Gasteiger partial charge in [0.05, 0.1) is 12.2 Å². The molecule has 1 fully saturated rings. The minimum Gasteiger partial charge on any atom is -0.493 e. The molecule has 2 aliphatic rings. The number of hydrogen-bond donors (Lipinski definition) is 2. The van der Waals surface area contributed by atoms with E-state index in [1.54, 1.807) is 18.2 Å². The average Bonchev–Trinajstić information content (AvgIpc) is 2.69. The van der Waals surface area contributed by atoms with E-state index >= 15 is 0 Å². The molecule has 2 N–H and O–H groups in total. The topological polar surface area (TPSA) is 70.7 Å². The maximum absolute atomic E-state index is 13.1. The largest absolute Gasteiger partial charge is 0.493 e. The maximum atomic E-state index is 13.1. The highest BCUT2D eigenvalue weighted by molar-refractivity contribution is 6.02. The fourth-order valence-electron chi connectivity index (χ4n) is 3.86. The number of anilines is 2. The van der Waals surface area contributed by atoms with Crippen molar-refractivity contribution in [3.05, 3.63) is 53.6 Å². The van der Waals surface area contributed by atoms with E-state index in [1.165, 1.54) is 0 Å². The zero-order valence-corrected chi connectivity index (χ0v) is 16.0. The lowest BCUT2D eigenvalue weighted by molar-refractivity contribution is 0.0548. The van der Waals surface area contributed by atoms with E-state index in [1.807, 2.05) is 36.1 Å². The molecule has 3 amide bonds. The molecule has 146 valence electrons. The van der Waals surface area contributed by atoms with Gasteiger partial charge in [-0.05, 0) is 56.5 Å². The van der Waals surface area contributed by atoms with E-state index in [9.17, 15) is 9.59 Å². The number of benzene rings is 2. The lowest BCUT2D eigenvalue weighted by atomic mass is 9.97. The van der Waals surface area contributed by atoms with Crippen molar-refractivity contribution >= 4 is 23.3 Å². The quantitative estimate of drug-likeness (QED) is 0.812. The van der Waals surface area contributed by atoms with E-state index in [-0.39, 0.29) is 18.0 Å². The molecule has 2 aliphatic heterocycles. The van der Waals surface area contributed by atoms with Crippen molar-refractivity contribution in [2.45, 2.75) is 38.6 Å². The Morgan fingerprint density at radius 2 is 1.79 bits per heavy atom. The van der Waals surface area contributed by atoms with E-state index in [0.717, 1.165) is 37.8 Å². The summed E-state index contributed by atoms with van der Waals surface area (Å²) in [5.41, 5.74) is 2.92. The Balaban J connectivity index is 1.51. The number of hydrogen-bond acceptors (Lipinski definition) is 3. The average molecular weight is 379 g/mol. The van der Waals surface area contributed by atoms with Gasteiger partial charge < -0.3 is 20.3 Å². The Kier molecular flexibility index (Phi) is 5.19. The first kappa shape index (κ1) is 18.3. The second-order valence-corrected chi connectivity index (χ2v) is 7.44. The van der Waals surface area contributed by atoms with Crippen LogP contribution in [0.4, 0.5) is 16.2 Å². The standard InChI is InChI=1S/C22H25N3O3/c1-15-5-7-16(8-6-15)23-22(27)24-17-9-10-20-19(14-17)21(26)25-12-3-2-4-18(25)11-13-28-20/h5-10,14,18H,2-4,11-13H2,1H3,(H2,23,24,27). The van der Waals surface area contributed by atoms with Crippen molar-refractivity contribution in [1.29, 1.82) is 0 Å². The van der Waals surface area contributed by atoms with Gasteiger partial charge in [0.15, 0.2) is 0 Å². The zero-order chi connectivity index (χ0) is 19.5. The van der Waals surface area contributed by atoms with Crippen LogP contribution in [0.25, 0.3) is 0 Å². The molecule has 4 rings (SSSR count). The van der Waals surface area contributed by atoms with Gasteiger partial charge in [0, 0.05) is 30.4 Å². The van der Waals surface area contributed by atoms with Crippen LogP contribution in [-0.2, 0) is 0 Å². The van der Waals surface area contributed by atoms with Gasteiger partial charge in [-0.1, -0.05) is 17.7 Å². The van der Waals surface area contributed by atoms with Gasteiger partial charge in [-0.25, -0.2) is 4.79 Å². The summed E-state index contributed by atoms with van der Waals surface area (Å²) in [6, 6.07) is 12.7. The third kappa shape index (κ3) is 3.96. The summed E-state index contributed by atoms with van der Waals surface area (Å²) in [7, 11) is 0. The number of carbonyl (C=O) groups excluding carboxylic acids is 2. The molecule has 1 saturated heterocycles.